The topological polar surface area (TPSA) is 86.7 Å². The van der Waals surface area contributed by atoms with E-state index in [1.165, 1.54) is 24.3 Å². The summed E-state index contributed by atoms with van der Waals surface area (Å²) in [5.41, 5.74) is 0.742. The number of carbonyl (C=O) groups excluding carboxylic acids is 1. The molecule has 2 aromatic rings. The van der Waals surface area contributed by atoms with Crippen molar-refractivity contribution in [1.29, 1.82) is 0 Å². The Morgan fingerprint density at radius 2 is 1.73 bits per heavy atom. The van der Waals surface area contributed by atoms with Crippen LogP contribution in [-0.2, 0) is 15.6 Å². The number of benzene rings is 2. The molecule has 1 atom stereocenters. The van der Waals surface area contributed by atoms with Crippen LogP contribution >= 0.6 is 0 Å². The lowest BCUT2D eigenvalue weighted by atomic mass is 10.1. The molecule has 0 spiro atoms. The van der Waals surface area contributed by atoms with Crippen molar-refractivity contribution in [3.8, 4) is 22.6 Å². The minimum Gasteiger partial charge on any atom is -0.541 e. The van der Waals surface area contributed by atoms with Gasteiger partial charge in [0.1, 0.15) is 11.5 Å². The van der Waals surface area contributed by atoms with Crippen LogP contribution < -0.4 is 9.84 Å². The summed E-state index contributed by atoms with van der Waals surface area (Å²) in [5.74, 6) is -3.15. The van der Waals surface area contributed by atoms with Crippen molar-refractivity contribution in [2.75, 3.05) is 0 Å². The van der Waals surface area contributed by atoms with E-state index >= 15 is 0 Å². The van der Waals surface area contributed by atoms with E-state index in [9.17, 15) is 28.0 Å². The second kappa shape index (κ2) is 4.77. The quantitative estimate of drug-likeness (QED) is 0.783. The van der Waals surface area contributed by atoms with Crippen molar-refractivity contribution in [2.45, 2.75) is 15.9 Å². The number of carboxylic acids is 1. The summed E-state index contributed by atoms with van der Waals surface area (Å²) < 4.78 is 42.4. The molecule has 0 saturated carbocycles. The number of ether oxygens (including phenoxy) is 1. The van der Waals surface area contributed by atoms with E-state index in [2.05, 4.69) is 4.74 Å². The highest BCUT2D eigenvalue weighted by Crippen LogP contribution is 2.43. The van der Waals surface area contributed by atoms with Gasteiger partial charge in [-0.3, -0.25) is 0 Å². The fraction of sp³-hybridized carbons (Fsp3) is 0.0714. The fourth-order valence-corrected chi connectivity index (χ4v) is 3.50. The van der Waals surface area contributed by atoms with Crippen molar-refractivity contribution in [1.82, 2.24) is 0 Å². The van der Waals surface area contributed by atoms with Crippen LogP contribution in [0.3, 0.4) is 0 Å². The molecule has 5 nitrogen and oxygen atoms in total. The normalized spacial score (nSPS) is 16.0. The van der Waals surface area contributed by atoms with Crippen molar-refractivity contribution < 1.29 is 32.7 Å². The Labute approximate surface area is 125 Å². The zero-order valence-electron chi connectivity index (χ0n) is 10.7. The van der Waals surface area contributed by atoms with Crippen LogP contribution in [0.2, 0.25) is 0 Å². The van der Waals surface area contributed by atoms with Crippen LogP contribution in [0.4, 0.5) is 8.78 Å². The van der Waals surface area contributed by atoms with E-state index in [0.717, 1.165) is 12.1 Å². The summed E-state index contributed by atoms with van der Waals surface area (Å²) in [6, 6.07) is 7.74. The van der Waals surface area contributed by atoms with E-state index in [1.54, 1.807) is 0 Å². The van der Waals surface area contributed by atoms with E-state index in [-0.39, 0.29) is 5.75 Å². The van der Waals surface area contributed by atoms with Crippen LogP contribution in [0, 0.1) is 0 Å². The molecule has 1 unspecified atom stereocenters. The van der Waals surface area contributed by atoms with Gasteiger partial charge in [-0.15, -0.1) is 0 Å². The molecule has 3 rings (SSSR count). The second-order valence-electron chi connectivity index (χ2n) is 4.51. The molecule has 1 N–H and O–H groups in total. The number of aliphatic carboxylic acids is 1. The molecular formula is C14H7F2O5S-. The minimum atomic E-state index is -4.48. The largest absolute Gasteiger partial charge is 0.541 e. The maximum absolute atomic E-state index is 13.0. The van der Waals surface area contributed by atoms with Gasteiger partial charge in [0.15, 0.2) is 5.97 Å². The predicted octanol–water partition coefficient (Wildman–Crippen LogP) is 1.26. The van der Waals surface area contributed by atoms with E-state index in [1.807, 2.05) is 0 Å². The number of phenolic OH excluding ortho intramolecular Hbond substituents is 1. The SMILES string of the molecule is O=C([O-])C(F)(F)Oc1ccc2c(c1)-c1cc(O)ccc1S2=O. The predicted molar refractivity (Wildman–Crippen MR) is 68.8 cm³/mol. The molecule has 0 radical (unpaired) electrons. The number of aromatic hydroxyl groups is 1. The number of fused-ring (bicyclic) bond motifs is 3. The highest BCUT2D eigenvalue weighted by molar-refractivity contribution is 7.85. The molecular weight excluding hydrogens is 318 g/mol. The average Bonchev–Trinajstić information content (AvgIpc) is 2.71. The first-order valence-electron chi connectivity index (χ1n) is 5.97. The lowest BCUT2D eigenvalue weighted by Crippen LogP contribution is -2.45. The first-order chi connectivity index (χ1) is 10.3. The number of rotatable bonds is 3. The van der Waals surface area contributed by atoms with Crippen LogP contribution in [-0.4, -0.2) is 21.4 Å². The van der Waals surface area contributed by atoms with Gasteiger partial charge in [-0.25, -0.2) is 4.21 Å². The maximum Gasteiger partial charge on any atom is 0.441 e. The Bertz CT molecular complexity index is 819. The third-order valence-corrected chi connectivity index (χ3v) is 4.60. The lowest BCUT2D eigenvalue weighted by molar-refractivity contribution is -0.350. The van der Waals surface area contributed by atoms with Crippen molar-refractivity contribution >= 4 is 16.8 Å². The molecule has 0 saturated heterocycles. The summed E-state index contributed by atoms with van der Waals surface area (Å²) >= 11 is 0. The van der Waals surface area contributed by atoms with Crippen LogP contribution in [0.25, 0.3) is 11.1 Å². The van der Waals surface area contributed by atoms with Crippen LogP contribution in [0.5, 0.6) is 11.5 Å². The summed E-state index contributed by atoms with van der Waals surface area (Å²) in [6.45, 7) is 0. The summed E-state index contributed by atoms with van der Waals surface area (Å²) in [5, 5.41) is 19.8. The van der Waals surface area contributed by atoms with Crippen LogP contribution in [0.1, 0.15) is 0 Å². The Morgan fingerprint density at radius 1 is 1.14 bits per heavy atom. The molecule has 0 bridgehead atoms. The first-order valence-corrected chi connectivity index (χ1v) is 7.12. The van der Waals surface area contributed by atoms with Gasteiger partial charge in [0.25, 0.3) is 0 Å². The number of carbonyl (C=O) groups is 1. The van der Waals surface area contributed by atoms with E-state index < -0.39 is 28.6 Å². The van der Waals surface area contributed by atoms with Gasteiger partial charge in [0.2, 0.25) is 0 Å². The van der Waals surface area contributed by atoms with Crippen molar-refractivity contribution in [3.05, 3.63) is 36.4 Å². The lowest BCUT2D eigenvalue weighted by Gasteiger charge is -2.18. The molecule has 0 fully saturated rings. The van der Waals surface area contributed by atoms with Gasteiger partial charge in [0, 0.05) is 11.1 Å². The Kier molecular flexibility index (Phi) is 3.13. The molecule has 22 heavy (non-hydrogen) atoms. The standard InChI is InChI=1S/C14H8F2O5S/c15-14(16,13(18)19)21-8-2-4-12-10(6-8)9-5-7(17)1-3-11(9)22(12)20/h1-6,17H,(H,18,19)/p-1. The second-order valence-corrected chi connectivity index (χ2v) is 5.93. The summed E-state index contributed by atoms with van der Waals surface area (Å²) in [6.07, 6.45) is -4.48. The van der Waals surface area contributed by atoms with Gasteiger partial charge in [-0.05, 0) is 36.4 Å². The van der Waals surface area contributed by atoms with Gasteiger partial charge in [-0.2, -0.15) is 8.78 Å². The summed E-state index contributed by atoms with van der Waals surface area (Å²) in [7, 11) is -1.50. The Morgan fingerprint density at radius 3 is 2.36 bits per heavy atom. The summed E-state index contributed by atoms with van der Waals surface area (Å²) in [4.78, 5) is 11.1. The van der Waals surface area contributed by atoms with Crippen molar-refractivity contribution in [3.63, 3.8) is 0 Å². The Hall–Kier alpha value is -2.48. The molecule has 1 heterocycles. The van der Waals surface area contributed by atoms with E-state index in [4.69, 9.17) is 0 Å². The molecule has 1 aliphatic rings. The van der Waals surface area contributed by atoms with Gasteiger partial charge in [-0.1, -0.05) is 0 Å². The minimum absolute atomic E-state index is 0.0741. The molecule has 0 aromatic heterocycles. The zero-order chi connectivity index (χ0) is 16.1. The first kappa shape index (κ1) is 14.5. The average molecular weight is 325 g/mol. The molecule has 0 aliphatic carbocycles. The number of hydrogen-bond acceptors (Lipinski definition) is 5. The highest BCUT2D eigenvalue weighted by Gasteiger charge is 2.35. The van der Waals surface area contributed by atoms with Gasteiger partial charge < -0.3 is 19.7 Å². The third kappa shape index (κ3) is 2.21. The fourth-order valence-electron chi connectivity index (χ4n) is 2.14. The van der Waals surface area contributed by atoms with Crippen molar-refractivity contribution in [2.24, 2.45) is 0 Å². The molecule has 2 aromatic carbocycles. The highest BCUT2D eigenvalue weighted by atomic mass is 32.2. The molecule has 114 valence electrons. The van der Waals surface area contributed by atoms with Gasteiger partial charge in [0.05, 0.1) is 20.6 Å². The maximum atomic E-state index is 13.0. The van der Waals surface area contributed by atoms with Crippen LogP contribution in [0.15, 0.2) is 46.2 Å². The Balaban J connectivity index is 2.07. The number of alkyl halides is 2. The number of hydrogen-bond donors (Lipinski definition) is 1. The molecule has 8 heteroatoms. The smallest absolute Gasteiger partial charge is 0.441 e. The monoisotopic (exact) mass is 325 g/mol. The van der Waals surface area contributed by atoms with E-state index in [0.29, 0.717) is 20.9 Å². The third-order valence-electron chi connectivity index (χ3n) is 3.09. The molecule has 1 aliphatic heterocycles. The molecule has 0 amide bonds. The van der Waals surface area contributed by atoms with Gasteiger partial charge >= 0.3 is 6.11 Å². The number of halogens is 2. The zero-order valence-corrected chi connectivity index (χ0v) is 11.5. The number of carboxylic acid groups (broad SMARTS) is 1. The number of phenols is 1.